The molecule has 1 N–H and O–H groups in total. The Labute approximate surface area is 200 Å². The van der Waals surface area contributed by atoms with Crippen LogP contribution >= 0.6 is 23.1 Å². The van der Waals surface area contributed by atoms with Gasteiger partial charge in [0.1, 0.15) is 0 Å². The lowest BCUT2D eigenvalue weighted by Crippen LogP contribution is -2.16. The molecule has 5 nitrogen and oxygen atoms in total. The molecule has 0 aliphatic carbocycles. The van der Waals surface area contributed by atoms with E-state index in [9.17, 15) is 18.0 Å². The lowest BCUT2D eigenvalue weighted by atomic mass is 10.2. The quantitative estimate of drug-likeness (QED) is 0.288. The molecular weight excluding hydrogens is 481 g/mol. The number of hydrogen-bond acceptors (Lipinski definition) is 5. The number of carbonyl (C=O) groups excluding carboxylic acids is 1. The number of nitrogens with one attached hydrogen (secondary N) is 1. The van der Waals surface area contributed by atoms with Crippen molar-refractivity contribution in [3.8, 4) is 10.6 Å². The molecular formula is C24H15F3N4OS2. The van der Waals surface area contributed by atoms with Crippen LogP contribution in [-0.4, -0.2) is 20.5 Å². The molecule has 0 radical (unpaired) electrons. The number of nitrogens with zero attached hydrogens (tertiary/aromatic N) is 3. The van der Waals surface area contributed by atoms with Crippen LogP contribution in [0.2, 0.25) is 0 Å². The number of carbonyl (C=O) groups is 1. The highest BCUT2D eigenvalue weighted by Gasteiger charge is 2.35. The normalized spacial score (nSPS) is 11.6. The highest BCUT2D eigenvalue weighted by atomic mass is 32.2. The average molecular weight is 497 g/mol. The van der Waals surface area contributed by atoms with Gasteiger partial charge in [0.15, 0.2) is 17.0 Å². The van der Waals surface area contributed by atoms with Crippen molar-refractivity contribution in [2.24, 2.45) is 0 Å². The molecule has 0 aliphatic heterocycles. The Balaban J connectivity index is 1.49. The largest absolute Gasteiger partial charge is 0.433 e. The van der Waals surface area contributed by atoms with E-state index < -0.39 is 17.8 Å². The molecule has 0 unspecified atom stereocenters. The number of hydrogen-bond donors (Lipinski definition) is 1. The Morgan fingerprint density at radius 3 is 2.47 bits per heavy atom. The summed E-state index contributed by atoms with van der Waals surface area (Å²) in [6.07, 6.45) is -4.67. The van der Waals surface area contributed by atoms with Crippen LogP contribution in [0.25, 0.3) is 16.2 Å². The van der Waals surface area contributed by atoms with Crippen LogP contribution in [0.3, 0.4) is 0 Å². The fourth-order valence-corrected chi connectivity index (χ4v) is 4.91. The van der Waals surface area contributed by atoms with E-state index in [4.69, 9.17) is 0 Å². The molecule has 1 amide bonds. The summed E-state index contributed by atoms with van der Waals surface area (Å²) in [4.78, 5) is 19.6. The third-order valence-electron chi connectivity index (χ3n) is 4.83. The van der Waals surface area contributed by atoms with E-state index >= 15 is 0 Å². The summed E-state index contributed by atoms with van der Waals surface area (Å²) in [7, 11) is 0. The summed E-state index contributed by atoms with van der Waals surface area (Å²) < 4.78 is 42.0. The van der Waals surface area contributed by atoms with Gasteiger partial charge < -0.3 is 5.32 Å². The number of benzene rings is 2. The number of thiophene rings is 1. The van der Waals surface area contributed by atoms with Gasteiger partial charge in [-0.3, -0.25) is 4.79 Å². The number of amides is 1. The van der Waals surface area contributed by atoms with Gasteiger partial charge in [0.05, 0.1) is 16.3 Å². The number of fused-ring (bicyclic) bond motifs is 1. The van der Waals surface area contributed by atoms with Crippen molar-refractivity contribution in [3.63, 3.8) is 0 Å². The number of alkyl halides is 3. The fraction of sp³-hybridized carbons (Fsp3) is 0.0417. The summed E-state index contributed by atoms with van der Waals surface area (Å²) in [5.74, 6) is -0.627. The van der Waals surface area contributed by atoms with Crippen LogP contribution in [-0.2, 0) is 6.18 Å². The molecule has 0 saturated carbocycles. The molecule has 3 heterocycles. The van der Waals surface area contributed by atoms with E-state index in [1.165, 1.54) is 29.2 Å². The maximum absolute atomic E-state index is 13.8. The van der Waals surface area contributed by atoms with Gasteiger partial charge in [-0.1, -0.05) is 48.2 Å². The monoisotopic (exact) mass is 496 g/mol. The molecule has 5 rings (SSSR count). The van der Waals surface area contributed by atoms with Crippen LogP contribution in [0.15, 0.2) is 94.0 Å². The van der Waals surface area contributed by atoms with Gasteiger partial charge in [-0.25, -0.2) is 9.50 Å². The summed E-state index contributed by atoms with van der Waals surface area (Å²) in [5, 5.41) is 8.45. The van der Waals surface area contributed by atoms with E-state index in [1.807, 2.05) is 42.5 Å². The van der Waals surface area contributed by atoms with Crippen molar-refractivity contribution in [1.82, 2.24) is 14.6 Å². The Morgan fingerprint density at radius 2 is 1.74 bits per heavy atom. The van der Waals surface area contributed by atoms with Crippen molar-refractivity contribution in [3.05, 3.63) is 95.6 Å². The Hall–Kier alpha value is -3.63. The molecule has 34 heavy (non-hydrogen) atoms. The van der Waals surface area contributed by atoms with Gasteiger partial charge in [-0.05, 0) is 41.8 Å². The molecule has 2 aromatic carbocycles. The lowest BCUT2D eigenvalue weighted by Gasteiger charge is -2.10. The van der Waals surface area contributed by atoms with Gasteiger partial charge in [0, 0.05) is 15.9 Å². The first-order valence-electron chi connectivity index (χ1n) is 10.0. The Kier molecular flexibility index (Phi) is 5.84. The second-order valence-corrected chi connectivity index (χ2v) is 9.23. The van der Waals surface area contributed by atoms with E-state index in [1.54, 1.807) is 29.6 Å². The second-order valence-electron chi connectivity index (χ2n) is 7.17. The van der Waals surface area contributed by atoms with Gasteiger partial charge in [0.25, 0.3) is 5.91 Å². The van der Waals surface area contributed by atoms with Crippen molar-refractivity contribution < 1.29 is 18.0 Å². The molecule has 0 bridgehead atoms. The molecule has 0 fully saturated rings. The third-order valence-corrected chi connectivity index (χ3v) is 6.81. The van der Waals surface area contributed by atoms with E-state index in [2.05, 4.69) is 15.4 Å². The predicted octanol–water partition coefficient (Wildman–Crippen LogP) is 6.88. The van der Waals surface area contributed by atoms with Crippen LogP contribution < -0.4 is 5.32 Å². The van der Waals surface area contributed by atoms with Crippen LogP contribution in [0.1, 0.15) is 16.2 Å². The zero-order valence-corrected chi connectivity index (χ0v) is 18.9. The van der Waals surface area contributed by atoms with Gasteiger partial charge in [-0.15, -0.1) is 11.3 Å². The fourth-order valence-electron chi connectivity index (χ4n) is 3.30. The molecule has 5 aromatic rings. The lowest BCUT2D eigenvalue weighted by molar-refractivity contribution is -0.142. The zero-order chi connectivity index (χ0) is 23.7. The smallest absolute Gasteiger partial charge is 0.320 e. The van der Waals surface area contributed by atoms with Crippen molar-refractivity contribution in [2.45, 2.75) is 16.0 Å². The molecule has 3 aromatic heterocycles. The van der Waals surface area contributed by atoms with Crippen LogP contribution in [0.5, 0.6) is 0 Å². The zero-order valence-electron chi connectivity index (χ0n) is 17.3. The number of halogens is 3. The highest BCUT2D eigenvalue weighted by Crippen LogP contribution is 2.35. The average Bonchev–Trinajstić information content (AvgIpc) is 3.50. The molecule has 170 valence electrons. The van der Waals surface area contributed by atoms with Crippen LogP contribution in [0, 0.1) is 0 Å². The predicted molar refractivity (Wildman–Crippen MR) is 126 cm³/mol. The SMILES string of the molecule is O=C(Nc1ccccc1Sc1ccccc1)c1cc2nc(-c3cccs3)cc(C(F)(F)F)n2n1. The standard InChI is InChI=1S/C24H15F3N4OS2/c25-24(26,27)21-13-17(19-11-6-12-33-19)28-22-14-18(30-31(21)22)23(32)29-16-9-4-5-10-20(16)34-15-7-2-1-3-8-15/h1-14H,(H,29,32). The van der Waals surface area contributed by atoms with Crippen molar-refractivity contribution in [2.75, 3.05) is 5.32 Å². The van der Waals surface area contributed by atoms with Gasteiger partial charge >= 0.3 is 6.18 Å². The molecule has 0 spiro atoms. The minimum Gasteiger partial charge on any atom is -0.320 e. The topological polar surface area (TPSA) is 59.3 Å². The second kappa shape index (κ2) is 8.96. The molecule has 0 atom stereocenters. The van der Waals surface area contributed by atoms with Crippen molar-refractivity contribution in [1.29, 1.82) is 0 Å². The number of anilines is 1. The van der Waals surface area contributed by atoms with Gasteiger partial charge in [-0.2, -0.15) is 18.3 Å². The maximum Gasteiger partial charge on any atom is 0.433 e. The molecule has 0 saturated heterocycles. The van der Waals surface area contributed by atoms with Gasteiger partial charge in [0.2, 0.25) is 0 Å². The highest BCUT2D eigenvalue weighted by molar-refractivity contribution is 7.99. The minimum absolute atomic E-state index is 0.0599. The number of rotatable bonds is 5. The van der Waals surface area contributed by atoms with E-state index in [-0.39, 0.29) is 17.0 Å². The summed E-state index contributed by atoms with van der Waals surface area (Å²) in [6.45, 7) is 0. The summed E-state index contributed by atoms with van der Waals surface area (Å²) >= 11 is 2.74. The van der Waals surface area contributed by atoms with E-state index in [0.29, 0.717) is 15.1 Å². The first-order chi connectivity index (χ1) is 16.4. The molecule has 0 aliphatic rings. The maximum atomic E-state index is 13.8. The van der Waals surface area contributed by atoms with Crippen molar-refractivity contribution >= 4 is 40.3 Å². The summed E-state index contributed by atoms with van der Waals surface area (Å²) in [5.41, 5.74) is -0.524. The number of aromatic nitrogens is 3. The third kappa shape index (κ3) is 4.55. The Bertz CT molecular complexity index is 1470. The summed E-state index contributed by atoms with van der Waals surface area (Å²) in [6, 6.07) is 22.5. The first-order valence-corrected chi connectivity index (χ1v) is 11.7. The van der Waals surface area contributed by atoms with E-state index in [0.717, 1.165) is 15.9 Å². The molecule has 10 heteroatoms. The number of para-hydroxylation sites is 1. The minimum atomic E-state index is -4.67. The van der Waals surface area contributed by atoms with Crippen LogP contribution in [0.4, 0.5) is 18.9 Å². The first kappa shape index (κ1) is 22.2. The Morgan fingerprint density at radius 1 is 0.971 bits per heavy atom.